The van der Waals surface area contributed by atoms with Crippen molar-refractivity contribution in [3.63, 3.8) is 0 Å². The number of nitrogens with one attached hydrogen (secondary N) is 3. The third kappa shape index (κ3) is 7.95. The molecular weight excluding hydrogens is 382 g/mol. The molecule has 7 heteroatoms. The first-order valence-electron chi connectivity index (χ1n) is 10.2. The predicted octanol–water partition coefficient (Wildman–Crippen LogP) is 4.61. The Bertz CT molecular complexity index is 833. The number of amides is 3. The summed E-state index contributed by atoms with van der Waals surface area (Å²) in [5, 5.41) is 7.84. The van der Waals surface area contributed by atoms with E-state index in [4.69, 9.17) is 4.74 Å². The Morgan fingerprint density at radius 2 is 1.47 bits per heavy atom. The maximum Gasteiger partial charge on any atom is 0.318 e. The van der Waals surface area contributed by atoms with E-state index in [0.717, 1.165) is 25.0 Å². The zero-order chi connectivity index (χ0) is 21.8. The van der Waals surface area contributed by atoms with Gasteiger partial charge in [0.25, 0.3) is 0 Å². The molecule has 30 heavy (non-hydrogen) atoms. The molecule has 0 spiro atoms. The van der Waals surface area contributed by atoms with Crippen LogP contribution < -0.4 is 20.7 Å². The first-order chi connectivity index (χ1) is 14.5. The molecule has 0 atom stereocenters. The molecular formula is C23H29N3O4. The zero-order valence-electron chi connectivity index (χ0n) is 17.5. The number of hydrogen-bond donors (Lipinski definition) is 3. The second-order valence-electron chi connectivity index (χ2n) is 6.83. The average Bonchev–Trinajstić information content (AvgIpc) is 2.76. The number of rotatable bonds is 11. The van der Waals surface area contributed by atoms with Crippen LogP contribution in [0.1, 0.15) is 49.4 Å². The molecule has 0 aliphatic carbocycles. The summed E-state index contributed by atoms with van der Waals surface area (Å²) >= 11 is 0. The topological polar surface area (TPSA) is 96.5 Å². The third-order valence-electron chi connectivity index (χ3n) is 4.43. The molecule has 0 unspecified atom stereocenters. The summed E-state index contributed by atoms with van der Waals surface area (Å²) in [6.45, 7) is 2.81. The fraction of sp³-hybridized carbons (Fsp3) is 0.348. The van der Waals surface area contributed by atoms with Crippen LogP contribution in [0.5, 0.6) is 5.75 Å². The van der Waals surface area contributed by atoms with Crippen LogP contribution in [-0.2, 0) is 4.79 Å². The summed E-state index contributed by atoms with van der Waals surface area (Å²) in [5.41, 5.74) is 1.77. The molecule has 2 aromatic rings. The van der Waals surface area contributed by atoms with E-state index in [9.17, 15) is 14.4 Å². The molecule has 3 N–H and O–H groups in total. The maximum atomic E-state index is 12.3. The van der Waals surface area contributed by atoms with Crippen molar-refractivity contribution in [1.29, 1.82) is 0 Å². The SMILES string of the molecule is CCCCCOc1ccc(C(=O)CCC(=O)Nc2ccc(NC(=O)NC)cc2)cc1. The Morgan fingerprint density at radius 1 is 0.833 bits per heavy atom. The van der Waals surface area contributed by atoms with E-state index in [2.05, 4.69) is 22.9 Å². The minimum absolute atomic E-state index is 0.0896. The molecule has 7 nitrogen and oxygen atoms in total. The van der Waals surface area contributed by atoms with Gasteiger partial charge in [-0.25, -0.2) is 4.79 Å². The van der Waals surface area contributed by atoms with Crippen LogP contribution in [0, 0.1) is 0 Å². The Hall–Kier alpha value is -3.35. The quantitative estimate of drug-likeness (QED) is 0.372. The van der Waals surface area contributed by atoms with Gasteiger partial charge in [-0.3, -0.25) is 9.59 Å². The van der Waals surface area contributed by atoms with Gasteiger partial charge < -0.3 is 20.7 Å². The number of ether oxygens (including phenoxy) is 1. The highest BCUT2D eigenvalue weighted by atomic mass is 16.5. The molecule has 0 heterocycles. The van der Waals surface area contributed by atoms with Crippen LogP contribution in [0.3, 0.4) is 0 Å². The number of carbonyl (C=O) groups is 3. The van der Waals surface area contributed by atoms with Crippen molar-refractivity contribution in [2.75, 3.05) is 24.3 Å². The highest BCUT2D eigenvalue weighted by Gasteiger charge is 2.10. The van der Waals surface area contributed by atoms with Crippen molar-refractivity contribution in [3.05, 3.63) is 54.1 Å². The third-order valence-corrected chi connectivity index (χ3v) is 4.43. The van der Waals surface area contributed by atoms with Gasteiger partial charge in [-0.05, 0) is 55.0 Å². The van der Waals surface area contributed by atoms with Crippen molar-refractivity contribution in [2.24, 2.45) is 0 Å². The second-order valence-corrected chi connectivity index (χ2v) is 6.83. The fourth-order valence-corrected chi connectivity index (χ4v) is 2.70. The van der Waals surface area contributed by atoms with Crippen molar-refractivity contribution >= 4 is 29.1 Å². The van der Waals surface area contributed by atoms with Crippen LogP contribution in [0.2, 0.25) is 0 Å². The standard InChI is InChI=1S/C23H29N3O4/c1-3-4-5-16-30-20-12-6-17(7-13-20)21(27)14-15-22(28)25-18-8-10-19(11-9-18)26-23(29)24-2/h6-13H,3-5,14-16H2,1-2H3,(H,25,28)(H2,24,26,29). The molecule has 0 saturated heterocycles. The van der Waals surface area contributed by atoms with Gasteiger partial charge in [-0.1, -0.05) is 19.8 Å². The first-order valence-corrected chi connectivity index (χ1v) is 10.2. The number of hydrogen-bond acceptors (Lipinski definition) is 4. The number of Topliss-reactive ketones (excluding diaryl/α,β-unsaturated/α-hetero) is 1. The summed E-state index contributed by atoms with van der Waals surface area (Å²) < 4.78 is 5.64. The molecule has 3 amide bonds. The Labute approximate surface area is 177 Å². The average molecular weight is 412 g/mol. The van der Waals surface area contributed by atoms with Crippen molar-refractivity contribution in [3.8, 4) is 5.75 Å². The summed E-state index contributed by atoms with van der Waals surface area (Å²) in [5.74, 6) is 0.411. The molecule has 0 aliphatic rings. The molecule has 160 valence electrons. The summed E-state index contributed by atoms with van der Waals surface area (Å²) in [4.78, 5) is 35.7. The molecule has 2 rings (SSSR count). The van der Waals surface area contributed by atoms with E-state index in [1.54, 1.807) is 48.5 Å². The highest BCUT2D eigenvalue weighted by Crippen LogP contribution is 2.16. The van der Waals surface area contributed by atoms with Crippen molar-refractivity contribution in [2.45, 2.75) is 39.0 Å². The summed E-state index contributed by atoms with van der Waals surface area (Å²) in [7, 11) is 1.53. The molecule has 0 fully saturated rings. The van der Waals surface area contributed by atoms with Gasteiger partial charge >= 0.3 is 6.03 Å². The maximum absolute atomic E-state index is 12.3. The summed E-state index contributed by atoms with van der Waals surface area (Å²) in [6.07, 6.45) is 3.51. The Morgan fingerprint density at radius 3 is 2.07 bits per heavy atom. The largest absolute Gasteiger partial charge is 0.494 e. The minimum Gasteiger partial charge on any atom is -0.494 e. The molecule has 0 bridgehead atoms. The van der Waals surface area contributed by atoms with E-state index < -0.39 is 0 Å². The van der Waals surface area contributed by atoms with Crippen LogP contribution in [-0.4, -0.2) is 31.4 Å². The lowest BCUT2D eigenvalue weighted by Crippen LogP contribution is -2.24. The smallest absolute Gasteiger partial charge is 0.318 e. The minimum atomic E-state index is -0.318. The second kappa shape index (κ2) is 12.3. The van der Waals surface area contributed by atoms with Crippen LogP contribution >= 0.6 is 0 Å². The van der Waals surface area contributed by atoms with Gasteiger partial charge in [0.05, 0.1) is 6.61 Å². The van der Waals surface area contributed by atoms with E-state index in [0.29, 0.717) is 23.5 Å². The number of unbranched alkanes of at least 4 members (excludes halogenated alkanes) is 2. The van der Waals surface area contributed by atoms with Crippen molar-refractivity contribution in [1.82, 2.24) is 5.32 Å². The lowest BCUT2D eigenvalue weighted by atomic mass is 10.1. The number of urea groups is 1. The van der Waals surface area contributed by atoms with E-state index in [1.807, 2.05) is 0 Å². The molecule has 0 aliphatic heterocycles. The molecule has 2 aromatic carbocycles. The van der Waals surface area contributed by atoms with E-state index in [1.165, 1.54) is 7.05 Å². The lowest BCUT2D eigenvalue weighted by Gasteiger charge is -2.08. The van der Waals surface area contributed by atoms with Gasteiger partial charge in [0.1, 0.15) is 5.75 Å². The van der Waals surface area contributed by atoms with E-state index >= 15 is 0 Å². The number of anilines is 2. The first kappa shape index (κ1) is 22.9. The lowest BCUT2D eigenvalue weighted by molar-refractivity contribution is -0.116. The monoisotopic (exact) mass is 411 g/mol. The fourth-order valence-electron chi connectivity index (χ4n) is 2.70. The summed E-state index contributed by atoms with van der Waals surface area (Å²) in [6, 6.07) is 13.4. The van der Waals surface area contributed by atoms with Gasteiger partial charge in [-0.2, -0.15) is 0 Å². The van der Waals surface area contributed by atoms with Crippen LogP contribution in [0.25, 0.3) is 0 Å². The van der Waals surface area contributed by atoms with Gasteiger partial charge in [-0.15, -0.1) is 0 Å². The number of carbonyl (C=O) groups excluding carboxylic acids is 3. The van der Waals surface area contributed by atoms with Gasteiger partial charge in [0, 0.05) is 36.8 Å². The zero-order valence-corrected chi connectivity index (χ0v) is 17.5. The van der Waals surface area contributed by atoms with E-state index in [-0.39, 0.29) is 30.6 Å². The number of ketones is 1. The van der Waals surface area contributed by atoms with Crippen LogP contribution in [0.15, 0.2) is 48.5 Å². The Balaban J connectivity index is 1.76. The highest BCUT2D eigenvalue weighted by molar-refractivity contribution is 6.00. The number of benzene rings is 2. The van der Waals surface area contributed by atoms with Gasteiger partial charge in [0.2, 0.25) is 5.91 Å². The Kier molecular flexibility index (Phi) is 9.37. The molecule has 0 radical (unpaired) electrons. The van der Waals surface area contributed by atoms with Gasteiger partial charge in [0.15, 0.2) is 5.78 Å². The van der Waals surface area contributed by atoms with Crippen molar-refractivity contribution < 1.29 is 19.1 Å². The molecule has 0 saturated carbocycles. The van der Waals surface area contributed by atoms with Crippen LogP contribution in [0.4, 0.5) is 16.2 Å². The normalized spacial score (nSPS) is 10.2. The predicted molar refractivity (Wildman–Crippen MR) is 118 cm³/mol. The molecule has 0 aromatic heterocycles.